The molecule has 0 unspecified atom stereocenters. The summed E-state index contributed by atoms with van der Waals surface area (Å²) in [5, 5.41) is 15.4. The average Bonchev–Trinajstić information content (AvgIpc) is 2.45. The van der Waals surface area contributed by atoms with Crippen LogP contribution in [0.3, 0.4) is 0 Å². The highest BCUT2D eigenvalue weighted by Crippen LogP contribution is 2.15. The Kier molecular flexibility index (Phi) is 4.74. The van der Waals surface area contributed by atoms with E-state index >= 15 is 0 Å². The third-order valence-corrected chi connectivity index (χ3v) is 2.87. The van der Waals surface area contributed by atoms with Gasteiger partial charge in [0.15, 0.2) is 0 Å². The summed E-state index contributed by atoms with van der Waals surface area (Å²) in [7, 11) is 0. The van der Waals surface area contributed by atoms with Gasteiger partial charge in [0.1, 0.15) is 5.75 Å². The summed E-state index contributed by atoms with van der Waals surface area (Å²) in [6.45, 7) is 3.72. The topological polar surface area (TPSA) is 61.4 Å². The number of rotatable bonds is 5. The molecule has 0 bridgehead atoms. The number of hydrogen-bond acceptors (Lipinski definition) is 3. The second-order valence-corrected chi connectivity index (χ2v) is 4.49. The van der Waals surface area contributed by atoms with E-state index in [1.165, 1.54) is 12.1 Å². The second-order valence-electron chi connectivity index (χ2n) is 4.49. The Morgan fingerprint density at radius 2 is 1.95 bits per heavy atom. The molecule has 2 aromatic carbocycles. The summed E-state index contributed by atoms with van der Waals surface area (Å²) >= 11 is 0. The summed E-state index contributed by atoms with van der Waals surface area (Å²) in [6, 6.07) is 14.0. The summed E-state index contributed by atoms with van der Waals surface area (Å²) in [5.74, 6) is -0.153. The lowest BCUT2D eigenvalue weighted by Crippen LogP contribution is -2.14. The summed E-state index contributed by atoms with van der Waals surface area (Å²) in [4.78, 5) is 12.1. The molecule has 0 heterocycles. The van der Waals surface area contributed by atoms with Gasteiger partial charge in [-0.15, -0.1) is 0 Å². The summed E-state index contributed by atoms with van der Waals surface area (Å²) < 4.78 is 0. The molecule has 4 heteroatoms. The minimum atomic E-state index is -0.235. The molecule has 3 N–H and O–H groups in total. The van der Waals surface area contributed by atoms with Crippen LogP contribution < -0.4 is 10.6 Å². The summed E-state index contributed by atoms with van der Waals surface area (Å²) in [5.41, 5.74) is 2.29. The molecule has 104 valence electrons. The predicted octanol–water partition coefficient (Wildman–Crippen LogP) is 2.75. The van der Waals surface area contributed by atoms with E-state index in [0.717, 1.165) is 24.3 Å². The fourth-order valence-corrected chi connectivity index (χ4v) is 1.88. The lowest BCUT2D eigenvalue weighted by atomic mass is 10.1. The van der Waals surface area contributed by atoms with Gasteiger partial charge in [0.2, 0.25) is 0 Å². The van der Waals surface area contributed by atoms with Crippen molar-refractivity contribution in [1.82, 2.24) is 5.32 Å². The maximum absolute atomic E-state index is 12.1. The molecule has 20 heavy (non-hydrogen) atoms. The minimum Gasteiger partial charge on any atom is -0.508 e. The fraction of sp³-hybridized carbons (Fsp3) is 0.188. The van der Waals surface area contributed by atoms with Crippen LogP contribution in [0.1, 0.15) is 22.8 Å². The lowest BCUT2D eigenvalue weighted by Gasteiger charge is -2.08. The molecule has 0 radical (unpaired) electrons. The van der Waals surface area contributed by atoms with Crippen molar-refractivity contribution in [1.29, 1.82) is 0 Å². The van der Waals surface area contributed by atoms with Crippen LogP contribution in [0, 0.1) is 0 Å². The molecular weight excluding hydrogens is 252 g/mol. The molecule has 0 fully saturated rings. The van der Waals surface area contributed by atoms with E-state index in [4.69, 9.17) is 0 Å². The number of carbonyl (C=O) groups excluding carboxylic acids is 1. The number of anilines is 1. The van der Waals surface area contributed by atoms with E-state index in [0.29, 0.717) is 5.56 Å². The third kappa shape index (κ3) is 3.83. The first-order valence-corrected chi connectivity index (χ1v) is 6.59. The molecule has 0 aliphatic rings. The largest absolute Gasteiger partial charge is 0.508 e. The first-order valence-electron chi connectivity index (χ1n) is 6.59. The van der Waals surface area contributed by atoms with E-state index in [1.807, 2.05) is 31.2 Å². The van der Waals surface area contributed by atoms with E-state index < -0.39 is 0 Å². The van der Waals surface area contributed by atoms with Crippen molar-refractivity contribution >= 4 is 11.6 Å². The zero-order valence-corrected chi connectivity index (χ0v) is 11.4. The average molecular weight is 270 g/mol. The Hall–Kier alpha value is -2.33. The van der Waals surface area contributed by atoms with Crippen LogP contribution in [0.2, 0.25) is 0 Å². The quantitative estimate of drug-likeness (QED) is 0.783. The van der Waals surface area contributed by atoms with Gasteiger partial charge in [-0.05, 0) is 42.4 Å². The highest BCUT2D eigenvalue weighted by atomic mass is 16.3. The minimum absolute atomic E-state index is 0.0820. The Morgan fingerprint density at radius 3 is 2.70 bits per heavy atom. The standard InChI is InChI=1S/C16H18N2O2/c1-2-17-11-12-5-3-7-14(9-12)18-16(20)13-6-4-8-15(19)10-13/h3-10,17,19H,2,11H2,1H3,(H,18,20). The number of amides is 1. The zero-order valence-electron chi connectivity index (χ0n) is 11.4. The van der Waals surface area contributed by atoms with Crippen molar-refractivity contribution in [3.05, 3.63) is 59.7 Å². The monoisotopic (exact) mass is 270 g/mol. The van der Waals surface area contributed by atoms with Gasteiger partial charge in [-0.2, -0.15) is 0 Å². The molecule has 2 aromatic rings. The van der Waals surface area contributed by atoms with Crippen molar-refractivity contribution in [3.63, 3.8) is 0 Å². The Balaban J connectivity index is 2.07. The van der Waals surface area contributed by atoms with Crippen molar-refractivity contribution in [2.24, 2.45) is 0 Å². The fourth-order valence-electron chi connectivity index (χ4n) is 1.88. The maximum atomic E-state index is 12.1. The molecule has 0 saturated heterocycles. The molecule has 0 saturated carbocycles. The smallest absolute Gasteiger partial charge is 0.255 e. The van der Waals surface area contributed by atoms with Crippen molar-refractivity contribution in [2.75, 3.05) is 11.9 Å². The van der Waals surface area contributed by atoms with Crippen LogP contribution in [0.4, 0.5) is 5.69 Å². The molecule has 4 nitrogen and oxygen atoms in total. The number of aromatic hydroxyl groups is 1. The van der Waals surface area contributed by atoms with Crippen molar-refractivity contribution in [3.8, 4) is 5.75 Å². The van der Waals surface area contributed by atoms with Crippen LogP contribution in [-0.4, -0.2) is 17.6 Å². The van der Waals surface area contributed by atoms with E-state index in [1.54, 1.807) is 12.1 Å². The van der Waals surface area contributed by atoms with Gasteiger partial charge in [0, 0.05) is 17.8 Å². The van der Waals surface area contributed by atoms with Gasteiger partial charge in [-0.25, -0.2) is 0 Å². The molecule has 2 rings (SSSR count). The third-order valence-electron chi connectivity index (χ3n) is 2.87. The highest BCUT2D eigenvalue weighted by molar-refractivity contribution is 6.04. The van der Waals surface area contributed by atoms with Gasteiger partial charge >= 0.3 is 0 Å². The molecule has 0 atom stereocenters. The first kappa shape index (κ1) is 14.1. The molecular formula is C16H18N2O2. The number of nitrogens with one attached hydrogen (secondary N) is 2. The molecule has 0 aliphatic heterocycles. The van der Waals surface area contributed by atoms with Gasteiger partial charge in [-0.3, -0.25) is 4.79 Å². The predicted molar refractivity (Wildman–Crippen MR) is 79.9 cm³/mol. The van der Waals surface area contributed by atoms with E-state index in [2.05, 4.69) is 10.6 Å². The van der Waals surface area contributed by atoms with Gasteiger partial charge in [0.05, 0.1) is 0 Å². The van der Waals surface area contributed by atoms with Gasteiger partial charge in [-0.1, -0.05) is 25.1 Å². The number of hydrogen-bond donors (Lipinski definition) is 3. The first-order chi connectivity index (χ1) is 9.69. The summed E-state index contributed by atoms with van der Waals surface area (Å²) in [6.07, 6.45) is 0. The zero-order chi connectivity index (χ0) is 14.4. The van der Waals surface area contributed by atoms with Crippen LogP contribution in [0.15, 0.2) is 48.5 Å². The Bertz CT molecular complexity index is 597. The number of phenolic OH excluding ortho intramolecular Hbond substituents is 1. The lowest BCUT2D eigenvalue weighted by molar-refractivity contribution is 0.102. The van der Waals surface area contributed by atoms with Gasteiger partial charge < -0.3 is 15.7 Å². The Morgan fingerprint density at radius 1 is 1.15 bits per heavy atom. The maximum Gasteiger partial charge on any atom is 0.255 e. The molecule has 1 amide bonds. The normalized spacial score (nSPS) is 10.2. The second kappa shape index (κ2) is 6.73. The van der Waals surface area contributed by atoms with Gasteiger partial charge in [0.25, 0.3) is 5.91 Å². The van der Waals surface area contributed by atoms with Crippen molar-refractivity contribution < 1.29 is 9.90 Å². The Labute approximate surface area is 118 Å². The van der Waals surface area contributed by atoms with E-state index in [9.17, 15) is 9.90 Å². The number of carbonyl (C=O) groups is 1. The number of benzene rings is 2. The van der Waals surface area contributed by atoms with Crippen LogP contribution in [0.5, 0.6) is 5.75 Å². The molecule has 0 aromatic heterocycles. The van der Waals surface area contributed by atoms with Crippen molar-refractivity contribution in [2.45, 2.75) is 13.5 Å². The number of phenols is 1. The van der Waals surface area contributed by atoms with Crippen LogP contribution in [-0.2, 0) is 6.54 Å². The SMILES string of the molecule is CCNCc1cccc(NC(=O)c2cccc(O)c2)c1. The van der Waals surface area contributed by atoms with Crippen LogP contribution in [0.25, 0.3) is 0 Å². The van der Waals surface area contributed by atoms with E-state index in [-0.39, 0.29) is 11.7 Å². The van der Waals surface area contributed by atoms with Crippen LogP contribution >= 0.6 is 0 Å². The molecule has 0 spiro atoms. The highest BCUT2D eigenvalue weighted by Gasteiger charge is 2.06. The molecule has 0 aliphatic carbocycles.